The van der Waals surface area contributed by atoms with E-state index in [4.69, 9.17) is 4.74 Å². The minimum atomic E-state index is 0.0650. The number of carbonyl (C=O) groups excluding carboxylic acids is 1. The molecule has 1 fully saturated rings. The zero-order valence-electron chi connectivity index (χ0n) is 13.7. The van der Waals surface area contributed by atoms with Crippen LogP contribution in [0.25, 0.3) is 10.4 Å². The molecular formula is C19H23NO2S. The van der Waals surface area contributed by atoms with E-state index in [1.165, 1.54) is 16.9 Å². The molecule has 0 saturated carbocycles. The number of likely N-dealkylation sites (N-methyl/N-ethyl adjacent to an activating group) is 1. The van der Waals surface area contributed by atoms with Gasteiger partial charge in [0.25, 0.3) is 5.91 Å². The molecule has 0 N–H and O–H groups in total. The zero-order chi connectivity index (χ0) is 16.2. The van der Waals surface area contributed by atoms with Crippen molar-refractivity contribution in [2.75, 3.05) is 20.2 Å². The summed E-state index contributed by atoms with van der Waals surface area (Å²) in [5.74, 6) is 0.0650. The summed E-state index contributed by atoms with van der Waals surface area (Å²) in [4.78, 5) is 15.7. The van der Waals surface area contributed by atoms with Gasteiger partial charge in [-0.3, -0.25) is 4.79 Å². The highest BCUT2D eigenvalue weighted by Gasteiger charge is 2.20. The van der Waals surface area contributed by atoms with Crippen LogP contribution >= 0.6 is 11.3 Å². The Labute approximate surface area is 141 Å². The Morgan fingerprint density at radius 2 is 2.22 bits per heavy atom. The van der Waals surface area contributed by atoms with Crippen LogP contribution in [0, 0.1) is 6.92 Å². The molecule has 3 nitrogen and oxygen atoms in total. The van der Waals surface area contributed by atoms with Gasteiger partial charge in [0.05, 0.1) is 6.10 Å². The Hall–Kier alpha value is -1.65. The maximum absolute atomic E-state index is 12.7. The molecule has 0 bridgehead atoms. The van der Waals surface area contributed by atoms with Crippen molar-refractivity contribution in [1.29, 1.82) is 0 Å². The summed E-state index contributed by atoms with van der Waals surface area (Å²) < 4.78 is 5.74. The Balaban J connectivity index is 1.73. The number of amides is 1. The van der Waals surface area contributed by atoms with E-state index in [9.17, 15) is 4.79 Å². The quantitative estimate of drug-likeness (QED) is 0.834. The van der Waals surface area contributed by atoms with Gasteiger partial charge < -0.3 is 9.64 Å². The molecule has 122 valence electrons. The molecule has 1 aliphatic rings. The lowest BCUT2D eigenvalue weighted by atomic mass is 10.1. The molecule has 1 atom stereocenters. The fourth-order valence-corrected chi connectivity index (χ4v) is 3.95. The summed E-state index contributed by atoms with van der Waals surface area (Å²) >= 11 is 1.72. The van der Waals surface area contributed by atoms with Crippen LogP contribution < -0.4 is 0 Å². The van der Waals surface area contributed by atoms with E-state index in [-0.39, 0.29) is 12.0 Å². The van der Waals surface area contributed by atoms with Gasteiger partial charge in [-0.15, -0.1) is 11.3 Å². The molecule has 4 heteroatoms. The number of hydrogen-bond acceptors (Lipinski definition) is 3. The lowest BCUT2D eigenvalue weighted by Gasteiger charge is -2.27. The number of aryl methyl sites for hydroxylation is 1. The molecule has 1 aromatic carbocycles. The van der Waals surface area contributed by atoms with Gasteiger partial charge >= 0.3 is 0 Å². The summed E-state index contributed by atoms with van der Waals surface area (Å²) in [6.07, 6.45) is 3.56. The number of benzene rings is 1. The fourth-order valence-electron chi connectivity index (χ4n) is 3.02. The number of ether oxygens (including phenoxy) is 1. The number of thiophene rings is 1. The van der Waals surface area contributed by atoms with E-state index < -0.39 is 0 Å². The van der Waals surface area contributed by atoms with Crippen molar-refractivity contribution >= 4 is 17.2 Å². The van der Waals surface area contributed by atoms with E-state index in [0.29, 0.717) is 6.54 Å². The maximum atomic E-state index is 12.7. The number of rotatable bonds is 4. The second-order valence-corrected chi connectivity index (χ2v) is 7.10. The van der Waals surface area contributed by atoms with Gasteiger partial charge in [-0.2, -0.15) is 0 Å². The molecule has 1 aromatic heterocycles. The minimum Gasteiger partial charge on any atom is -0.376 e. The van der Waals surface area contributed by atoms with E-state index in [1.54, 1.807) is 16.2 Å². The first-order chi connectivity index (χ1) is 11.1. The van der Waals surface area contributed by atoms with Crippen molar-refractivity contribution in [1.82, 2.24) is 4.90 Å². The summed E-state index contributed by atoms with van der Waals surface area (Å²) in [5, 5.41) is 2.09. The predicted molar refractivity (Wildman–Crippen MR) is 95.0 cm³/mol. The van der Waals surface area contributed by atoms with Gasteiger partial charge in [-0.25, -0.2) is 0 Å². The topological polar surface area (TPSA) is 29.5 Å². The van der Waals surface area contributed by atoms with Crippen molar-refractivity contribution in [3.63, 3.8) is 0 Å². The monoisotopic (exact) mass is 329 g/mol. The van der Waals surface area contributed by atoms with Crippen molar-refractivity contribution in [3.8, 4) is 10.4 Å². The van der Waals surface area contributed by atoms with Crippen molar-refractivity contribution in [2.24, 2.45) is 0 Å². The lowest BCUT2D eigenvalue weighted by molar-refractivity contribution is -0.000186. The van der Waals surface area contributed by atoms with Gasteiger partial charge in [-0.05, 0) is 60.9 Å². The normalized spacial score (nSPS) is 17.9. The van der Waals surface area contributed by atoms with E-state index in [0.717, 1.165) is 30.6 Å². The second kappa shape index (κ2) is 7.28. The molecule has 0 radical (unpaired) electrons. The summed E-state index contributed by atoms with van der Waals surface area (Å²) in [6, 6.07) is 10.0. The average molecular weight is 329 g/mol. The van der Waals surface area contributed by atoms with Crippen molar-refractivity contribution in [3.05, 3.63) is 46.8 Å². The van der Waals surface area contributed by atoms with E-state index in [2.05, 4.69) is 24.4 Å². The third kappa shape index (κ3) is 3.82. The molecular weight excluding hydrogens is 306 g/mol. The third-order valence-electron chi connectivity index (χ3n) is 4.33. The number of nitrogens with zero attached hydrogens (tertiary/aromatic N) is 1. The molecule has 3 rings (SSSR count). The Morgan fingerprint density at radius 3 is 2.91 bits per heavy atom. The average Bonchev–Trinajstić information content (AvgIpc) is 3.01. The predicted octanol–water partition coefficient (Wildman–Crippen LogP) is 4.36. The molecule has 0 aliphatic carbocycles. The summed E-state index contributed by atoms with van der Waals surface area (Å²) in [7, 11) is 1.86. The van der Waals surface area contributed by atoms with Crippen LogP contribution in [0.3, 0.4) is 0 Å². The van der Waals surface area contributed by atoms with Gasteiger partial charge in [0.15, 0.2) is 0 Å². The van der Waals surface area contributed by atoms with Crippen LogP contribution in [0.5, 0.6) is 0 Å². The standard InChI is InChI=1S/C19H23NO2S/c1-14-9-11-23-18(14)15-6-5-7-16(12-15)19(21)20(2)13-17-8-3-4-10-22-17/h5-7,9,11-12,17H,3-4,8,10,13H2,1-2H3/t17-/m0/s1. The SMILES string of the molecule is Cc1ccsc1-c1cccc(C(=O)N(C)C[C@@H]2CCCCO2)c1. The van der Waals surface area contributed by atoms with Crippen molar-refractivity contribution in [2.45, 2.75) is 32.3 Å². The highest BCUT2D eigenvalue weighted by Crippen LogP contribution is 2.29. The smallest absolute Gasteiger partial charge is 0.253 e. The summed E-state index contributed by atoms with van der Waals surface area (Å²) in [5.41, 5.74) is 3.11. The van der Waals surface area contributed by atoms with Crippen molar-refractivity contribution < 1.29 is 9.53 Å². The maximum Gasteiger partial charge on any atom is 0.253 e. The molecule has 23 heavy (non-hydrogen) atoms. The van der Waals surface area contributed by atoms with Crippen LogP contribution in [-0.2, 0) is 4.74 Å². The molecule has 1 saturated heterocycles. The van der Waals surface area contributed by atoms with Crippen LogP contribution in [-0.4, -0.2) is 37.1 Å². The molecule has 0 unspecified atom stereocenters. The molecule has 0 spiro atoms. The first kappa shape index (κ1) is 16.2. The molecule has 2 aromatic rings. The Kier molecular flexibility index (Phi) is 5.13. The van der Waals surface area contributed by atoms with E-state index >= 15 is 0 Å². The largest absolute Gasteiger partial charge is 0.376 e. The molecule has 2 heterocycles. The van der Waals surface area contributed by atoms with Crippen LogP contribution in [0.1, 0.15) is 35.2 Å². The first-order valence-corrected chi connectivity index (χ1v) is 9.04. The van der Waals surface area contributed by atoms with E-state index in [1.807, 2.05) is 25.2 Å². The number of hydrogen-bond donors (Lipinski definition) is 0. The molecule has 1 aliphatic heterocycles. The Bertz CT molecular complexity index is 674. The van der Waals surface area contributed by atoms with Gasteiger partial charge in [-0.1, -0.05) is 12.1 Å². The highest BCUT2D eigenvalue weighted by molar-refractivity contribution is 7.13. The van der Waals surface area contributed by atoms with Crippen LogP contribution in [0.2, 0.25) is 0 Å². The van der Waals surface area contributed by atoms with Crippen LogP contribution in [0.4, 0.5) is 0 Å². The first-order valence-electron chi connectivity index (χ1n) is 8.17. The second-order valence-electron chi connectivity index (χ2n) is 6.19. The van der Waals surface area contributed by atoms with Gasteiger partial charge in [0.2, 0.25) is 0 Å². The third-order valence-corrected chi connectivity index (χ3v) is 5.40. The molecule has 1 amide bonds. The Morgan fingerprint density at radius 1 is 1.35 bits per heavy atom. The zero-order valence-corrected chi connectivity index (χ0v) is 14.6. The summed E-state index contributed by atoms with van der Waals surface area (Å²) in [6.45, 7) is 3.59. The lowest BCUT2D eigenvalue weighted by Crippen LogP contribution is -2.37. The fraction of sp³-hybridized carbons (Fsp3) is 0.421. The van der Waals surface area contributed by atoms with Gasteiger partial charge in [0, 0.05) is 30.6 Å². The number of carbonyl (C=O) groups is 1. The highest BCUT2D eigenvalue weighted by atomic mass is 32.1. The minimum absolute atomic E-state index is 0.0650. The van der Waals surface area contributed by atoms with Crippen LogP contribution in [0.15, 0.2) is 35.7 Å². The van der Waals surface area contributed by atoms with Gasteiger partial charge in [0.1, 0.15) is 0 Å².